The molecular formula is C19H24N4O2S. The zero-order valence-corrected chi connectivity index (χ0v) is 15.6. The van der Waals surface area contributed by atoms with Crippen LogP contribution in [0.25, 0.3) is 11.1 Å². The first-order valence-electron chi connectivity index (χ1n) is 9.11. The number of pyridine rings is 1. The van der Waals surface area contributed by atoms with Crippen molar-refractivity contribution in [3.05, 3.63) is 42.1 Å². The highest BCUT2D eigenvalue weighted by molar-refractivity contribution is 7.89. The summed E-state index contributed by atoms with van der Waals surface area (Å²) in [6, 6.07) is 9.53. The number of rotatable bonds is 4. The van der Waals surface area contributed by atoms with E-state index in [1.54, 1.807) is 18.3 Å². The van der Waals surface area contributed by atoms with Crippen molar-refractivity contribution in [2.45, 2.75) is 43.2 Å². The molecule has 2 aliphatic rings. The maximum absolute atomic E-state index is 12.6. The van der Waals surface area contributed by atoms with Crippen molar-refractivity contribution in [1.29, 1.82) is 0 Å². The van der Waals surface area contributed by atoms with Gasteiger partial charge in [0.15, 0.2) is 0 Å². The van der Waals surface area contributed by atoms with Gasteiger partial charge in [-0.1, -0.05) is 12.1 Å². The predicted molar refractivity (Wildman–Crippen MR) is 103 cm³/mol. The van der Waals surface area contributed by atoms with Crippen LogP contribution < -0.4 is 15.4 Å². The lowest BCUT2D eigenvalue weighted by Crippen LogP contribution is -2.42. The average molecular weight is 372 g/mol. The smallest absolute Gasteiger partial charge is 0.240 e. The Balaban J connectivity index is 1.57. The molecule has 0 radical (unpaired) electrons. The number of sulfonamides is 1. The molecule has 3 N–H and O–H groups in total. The lowest BCUT2D eigenvalue weighted by Gasteiger charge is -2.23. The van der Waals surface area contributed by atoms with Crippen LogP contribution >= 0.6 is 0 Å². The van der Waals surface area contributed by atoms with Crippen LogP contribution in [-0.4, -0.2) is 38.6 Å². The summed E-state index contributed by atoms with van der Waals surface area (Å²) in [5, 5.41) is 6.61. The molecule has 1 aromatic carbocycles. The first kappa shape index (κ1) is 17.5. The highest BCUT2D eigenvalue weighted by Crippen LogP contribution is 2.33. The third-order valence-corrected chi connectivity index (χ3v) is 6.62. The number of hydrogen-bond donors (Lipinski definition) is 3. The molecule has 6 nitrogen and oxygen atoms in total. The molecule has 0 spiro atoms. The highest BCUT2D eigenvalue weighted by Gasteiger charge is 2.23. The molecule has 1 fully saturated rings. The summed E-state index contributed by atoms with van der Waals surface area (Å²) >= 11 is 0. The van der Waals surface area contributed by atoms with Crippen molar-refractivity contribution in [2.75, 3.05) is 18.4 Å². The van der Waals surface area contributed by atoms with Gasteiger partial charge in [-0.05, 0) is 68.6 Å². The molecule has 1 saturated heterocycles. The predicted octanol–water partition coefficient (Wildman–Crippen LogP) is 2.14. The van der Waals surface area contributed by atoms with Gasteiger partial charge in [-0.2, -0.15) is 0 Å². The summed E-state index contributed by atoms with van der Waals surface area (Å²) in [5.41, 5.74) is 3.32. The zero-order chi connectivity index (χ0) is 18.1. The van der Waals surface area contributed by atoms with Crippen LogP contribution in [0.4, 0.5) is 5.82 Å². The standard InChI is InChI=1S/C19H24N4O2S/c1-13-12-18-17(8-11-21-19(18)22-13)14-2-4-16(5-3-14)26(24,25)23-15-6-9-20-10-7-15/h2-5,8,11,13,15,20,23H,6-7,9-10,12H2,1H3,(H,21,22). The van der Waals surface area contributed by atoms with Crippen molar-refractivity contribution in [2.24, 2.45) is 0 Å². The molecule has 0 amide bonds. The fraction of sp³-hybridized carbons (Fsp3) is 0.421. The minimum atomic E-state index is -3.48. The van der Waals surface area contributed by atoms with E-state index in [0.717, 1.165) is 49.3 Å². The maximum atomic E-state index is 12.6. The van der Waals surface area contributed by atoms with Crippen LogP contribution in [0.3, 0.4) is 0 Å². The van der Waals surface area contributed by atoms with Gasteiger partial charge < -0.3 is 10.6 Å². The van der Waals surface area contributed by atoms with Gasteiger partial charge in [0.05, 0.1) is 4.90 Å². The van der Waals surface area contributed by atoms with Crippen molar-refractivity contribution in [1.82, 2.24) is 15.0 Å². The summed E-state index contributed by atoms with van der Waals surface area (Å²) in [5.74, 6) is 0.930. The van der Waals surface area contributed by atoms with Gasteiger partial charge in [-0.15, -0.1) is 0 Å². The number of aromatic nitrogens is 1. The normalized spacial score (nSPS) is 20.6. The van der Waals surface area contributed by atoms with E-state index in [-0.39, 0.29) is 6.04 Å². The second kappa shape index (κ2) is 6.98. The van der Waals surface area contributed by atoms with E-state index < -0.39 is 10.0 Å². The second-order valence-electron chi connectivity index (χ2n) is 7.11. The van der Waals surface area contributed by atoms with Crippen molar-refractivity contribution >= 4 is 15.8 Å². The van der Waals surface area contributed by atoms with E-state index in [1.165, 1.54) is 5.56 Å². The number of nitrogens with one attached hydrogen (secondary N) is 3. The van der Waals surface area contributed by atoms with E-state index in [1.807, 2.05) is 18.2 Å². The lowest BCUT2D eigenvalue weighted by atomic mass is 9.99. The lowest BCUT2D eigenvalue weighted by molar-refractivity contribution is 0.427. The Hall–Kier alpha value is -1.96. The van der Waals surface area contributed by atoms with Gasteiger partial charge in [0, 0.05) is 23.8 Å². The number of fused-ring (bicyclic) bond motifs is 1. The van der Waals surface area contributed by atoms with Gasteiger partial charge in [0.1, 0.15) is 5.82 Å². The van der Waals surface area contributed by atoms with E-state index in [0.29, 0.717) is 10.9 Å². The first-order chi connectivity index (χ1) is 12.5. The second-order valence-corrected chi connectivity index (χ2v) is 8.82. The van der Waals surface area contributed by atoms with Crippen molar-refractivity contribution in [3.63, 3.8) is 0 Å². The van der Waals surface area contributed by atoms with Crippen LogP contribution in [0.2, 0.25) is 0 Å². The number of hydrogen-bond acceptors (Lipinski definition) is 5. The molecule has 1 aromatic heterocycles. The quantitative estimate of drug-likeness (QED) is 0.766. The Morgan fingerprint density at radius 1 is 1.12 bits per heavy atom. The zero-order valence-electron chi connectivity index (χ0n) is 14.8. The van der Waals surface area contributed by atoms with Gasteiger partial charge in [0.25, 0.3) is 0 Å². The van der Waals surface area contributed by atoms with Gasteiger partial charge >= 0.3 is 0 Å². The van der Waals surface area contributed by atoms with Crippen LogP contribution in [-0.2, 0) is 16.4 Å². The monoisotopic (exact) mass is 372 g/mol. The van der Waals surface area contributed by atoms with Crippen molar-refractivity contribution in [3.8, 4) is 11.1 Å². The van der Waals surface area contributed by atoms with Gasteiger partial charge in [0.2, 0.25) is 10.0 Å². The summed E-state index contributed by atoms with van der Waals surface area (Å²) in [4.78, 5) is 4.71. The largest absolute Gasteiger partial charge is 0.367 e. The number of anilines is 1. The van der Waals surface area contributed by atoms with Crippen LogP contribution in [0, 0.1) is 0 Å². The van der Waals surface area contributed by atoms with Crippen LogP contribution in [0.15, 0.2) is 41.4 Å². The Kier molecular flexibility index (Phi) is 4.69. The average Bonchev–Trinajstić information content (AvgIpc) is 3.02. The van der Waals surface area contributed by atoms with Crippen LogP contribution in [0.1, 0.15) is 25.3 Å². The molecule has 1 unspecified atom stereocenters. The first-order valence-corrected chi connectivity index (χ1v) is 10.6. The minimum Gasteiger partial charge on any atom is -0.367 e. The molecule has 7 heteroatoms. The van der Waals surface area contributed by atoms with Crippen LogP contribution in [0.5, 0.6) is 0 Å². The third kappa shape index (κ3) is 3.47. The van der Waals surface area contributed by atoms with E-state index in [2.05, 4.69) is 27.3 Å². The molecule has 1 atom stereocenters. The number of piperidine rings is 1. The number of benzene rings is 1. The highest BCUT2D eigenvalue weighted by atomic mass is 32.2. The van der Waals surface area contributed by atoms with E-state index >= 15 is 0 Å². The molecule has 4 rings (SSSR count). The summed E-state index contributed by atoms with van der Waals surface area (Å²) in [7, 11) is -3.48. The number of nitrogens with zero attached hydrogens (tertiary/aromatic N) is 1. The van der Waals surface area contributed by atoms with Gasteiger partial charge in [-0.3, -0.25) is 0 Å². The van der Waals surface area contributed by atoms with Gasteiger partial charge in [-0.25, -0.2) is 18.1 Å². The molecular weight excluding hydrogens is 348 g/mol. The Morgan fingerprint density at radius 3 is 2.58 bits per heavy atom. The molecule has 0 bridgehead atoms. The topological polar surface area (TPSA) is 83.1 Å². The summed E-state index contributed by atoms with van der Waals surface area (Å²) in [6.45, 7) is 3.84. The Bertz CT molecular complexity index is 890. The molecule has 26 heavy (non-hydrogen) atoms. The summed E-state index contributed by atoms with van der Waals surface area (Å²) in [6.07, 6.45) is 4.37. The fourth-order valence-corrected chi connectivity index (χ4v) is 5.03. The van der Waals surface area contributed by atoms with E-state index in [4.69, 9.17) is 0 Å². The third-order valence-electron chi connectivity index (χ3n) is 5.09. The minimum absolute atomic E-state index is 0.0111. The molecule has 2 aromatic rings. The summed E-state index contributed by atoms with van der Waals surface area (Å²) < 4.78 is 28.1. The molecule has 3 heterocycles. The van der Waals surface area contributed by atoms with E-state index in [9.17, 15) is 8.42 Å². The molecule has 2 aliphatic heterocycles. The Morgan fingerprint density at radius 2 is 1.85 bits per heavy atom. The Labute approximate surface area is 154 Å². The van der Waals surface area contributed by atoms with Crippen molar-refractivity contribution < 1.29 is 8.42 Å². The molecule has 138 valence electrons. The molecule has 0 saturated carbocycles. The fourth-order valence-electron chi connectivity index (χ4n) is 3.73. The molecule has 0 aliphatic carbocycles. The SMILES string of the molecule is CC1Cc2c(-c3ccc(S(=O)(=O)NC4CCNCC4)cc3)ccnc2N1. The maximum Gasteiger partial charge on any atom is 0.240 e.